The standard InChI is InChI=1S/C22H22N2O4/c1-16(22(26)24-14-13-18-7-10-20(27-2)11-8-18)28-21(25)12-9-17-3-5-19(15-23)6-4-17/h3-12,16H,13-14H2,1-2H3,(H,24,26)/b12-9+/t16-/m0/s1. The molecule has 28 heavy (non-hydrogen) atoms. The summed E-state index contributed by atoms with van der Waals surface area (Å²) in [4.78, 5) is 23.9. The average Bonchev–Trinajstić information content (AvgIpc) is 2.73. The van der Waals surface area contributed by atoms with Crippen molar-refractivity contribution in [2.24, 2.45) is 0 Å². The predicted molar refractivity (Wildman–Crippen MR) is 105 cm³/mol. The van der Waals surface area contributed by atoms with E-state index in [2.05, 4.69) is 5.32 Å². The zero-order chi connectivity index (χ0) is 20.4. The van der Waals surface area contributed by atoms with Crippen molar-refractivity contribution in [2.45, 2.75) is 19.4 Å². The van der Waals surface area contributed by atoms with Crippen LogP contribution in [0.5, 0.6) is 5.75 Å². The van der Waals surface area contributed by atoms with Crippen molar-refractivity contribution >= 4 is 18.0 Å². The summed E-state index contributed by atoms with van der Waals surface area (Å²) >= 11 is 0. The Morgan fingerprint density at radius 2 is 1.82 bits per heavy atom. The lowest BCUT2D eigenvalue weighted by Crippen LogP contribution is -2.36. The molecule has 0 saturated carbocycles. The van der Waals surface area contributed by atoms with E-state index in [9.17, 15) is 9.59 Å². The molecule has 0 bridgehead atoms. The monoisotopic (exact) mass is 378 g/mol. The molecule has 0 heterocycles. The molecule has 0 radical (unpaired) electrons. The first-order chi connectivity index (χ1) is 13.5. The van der Waals surface area contributed by atoms with Gasteiger partial charge in [-0.15, -0.1) is 0 Å². The first kappa shape index (κ1) is 20.7. The van der Waals surface area contributed by atoms with E-state index in [4.69, 9.17) is 14.7 Å². The Kier molecular flexibility index (Phi) is 7.79. The Balaban J connectivity index is 1.74. The minimum Gasteiger partial charge on any atom is -0.497 e. The van der Waals surface area contributed by atoms with Gasteiger partial charge in [0.2, 0.25) is 0 Å². The van der Waals surface area contributed by atoms with Gasteiger partial charge in [0.25, 0.3) is 5.91 Å². The Morgan fingerprint density at radius 1 is 1.14 bits per heavy atom. The van der Waals surface area contributed by atoms with Crippen molar-refractivity contribution < 1.29 is 19.1 Å². The lowest BCUT2D eigenvalue weighted by atomic mass is 10.1. The highest BCUT2D eigenvalue weighted by atomic mass is 16.5. The highest BCUT2D eigenvalue weighted by Crippen LogP contribution is 2.11. The second kappa shape index (κ2) is 10.5. The number of nitriles is 1. The van der Waals surface area contributed by atoms with Crippen LogP contribution in [0.4, 0.5) is 0 Å². The normalized spacial score (nSPS) is 11.5. The molecule has 1 N–H and O–H groups in total. The first-order valence-corrected chi connectivity index (χ1v) is 8.81. The summed E-state index contributed by atoms with van der Waals surface area (Å²) in [5.41, 5.74) is 2.36. The quantitative estimate of drug-likeness (QED) is 0.564. The fourth-order valence-corrected chi connectivity index (χ4v) is 2.37. The van der Waals surface area contributed by atoms with Gasteiger partial charge in [0.05, 0.1) is 18.7 Å². The van der Waals surface area contributed by atoms with Crippen LogP contribution in [-0.4, -0.2) is 31.6 Å². The van der Waals surface area contributed by atoms with Crippen LogP contribution >= 0.6 is 0 Å². The van der Waals surface area contributed by atoms with E-state index in [1.165, 1.54) is 13.0 Å². The first-order valence-electron chi connectivity index (χ1n) is 8.81. The molecule has 144 valence electrons. The van der Waals surface area contributed by atoms with Gasteiger partial charge in [-0.3, -0.25) is 4.79 Å². The van der Waals surface area contributed by atoms with Crippen molar-refractivity contribution in [1.29, 1.82) is 5.26 Å². The third-order valence-corrected chi connectivity index (χ3v) is 3.99. The number of hydrogen-bond donors (Lipinski definition) is 1. The fourth-order valence-electron chi connectivity index (χ4n) is 2.37. The number of amides is 1. The molecule has 2 aromatic carbocycles. The average molecular weight is 378 g/mol. The van der Waals surface area contributed by atoms with Gasteiger partial charge < -0.3 is 14.8 Å². The SMILES string of the molecule is COc1ccc(CCNC(=O)[C@H](C)OC(=O)/C=C/c2ccc(C#N)cc2)cc1. The number of esters is 1. The molecule has 0 aliphatic heterocycles. The second-order valence-corrected chi connectivity index (χ2v) is 6.04. The van der Waals surface area contributed by atoms with Gasteiger partial charge in [0.15, 0.2) is 6.10 Å². The van der Waals surface area contributed by atoms with Crippen LogP contribution in [0.25, 0.3) is 6.08 Å². The van der Waals surface area contributed by atoms with E-state index in [0.29, 0.717) is 18.5 Å². The third-order valence-electron chi connectivity index (χ3n) is 3.99. The summed E-state index contributed by atoms with van der Waals surface area (Å²) in [7, 11) is 1.61. The molecule has 0 aliphatic carbocycles. The predicted octanol–water partition coefficient (Wildman–Crippen LogP) is 2.87. The molecule has 0 spiro atoms. The van der Waals surface area contributed by atoms with Crippen molar-refractivity contribution in [3.8, 4) is 11.8 Å². The number of hydrogen-bond acceptors (Lipinski definition) is 5. The van der Waals surface area contributed by atoms with Crippen LogP contribution < -0.4 is 10.1 Å². The molecular formula is C22H22N2O4. The number of carbonyl (C=O) groups excluding carboxylic acids is 2. The zero-order valence-corrected chi connectivity index (χ0v) is 15.8. The van der Waals surface area contributed by atoms with Gasteiger partial charge in [-0.1, -0.05) is 24.3 Å². The molecule has 0 aliphatic rings. The highest BCUT2D eigenvalue weighted by Gasteiger charge is 2.15. The van der Waals surface area contributed by atoms with Crippen LogP contribution in [0.2, 0.25) is 0 Å². The number of nitrogens with one attached hydrogen (secondary N) is 1. The zero-order valence-electron chi connectivity index (χ0n) is 15.8. The Bertz CT molecular complexity index is 865. The number of carbonyl (C=O) groups is 2. The van der Waals surface area contributed by atoms with Crippen molar-refractivity contribution in [3.63, 3.8) is 0 Å². The molecule has 1 atom stereocenters. The van der Waals surface area contributed by atoms with Crippen LogP contribution in [0, 0.1) is 11.3 Å². The maximum Gasteiger partial charge on any atom is 0.331 e. The largest absolute Gasteiger partial charge is 0.497 e. The number of benzene rings is 2. The summed E-state index contributed by atoms with van der Waals surface area (Å²) in [6.07, 6.45) is 2.59. The minimum atomic E-state index is -0.894. The van der Waals surface area contributed by atoms with E-state index >= 15 is 0 Å². The van der Waals surface area contributed by atoms with Gasteiger partial charge >= 0.3 is 5.97 Å². The summed E-state index contributed by atoms with van der Waals surface area (Å²) in [6, 6.07) is 16.4. The number of methoxy groups -OCH3 is 1. The number of nitrogens with zero attached hydrogens (tertiary/aromatic N) is 1. The van der Waals surface area contributed by atoms with Crippen LogP contribution in [0.1, 0.15) is 23.6 Å². The van der Waals surface area contributed by atoms with Gasteiger partial charge in [0, 0.05) is 12.6 Å². The topological polar surface area (TPSA) is 88.4 Å². The van der Waals surface area contributed by atoms with Gasteiger partial charge in [-0.25, -0.2) is 4.79 Å². The van der Waals surface area contributed by atoms with Gasteiger partial charge in [0.1, 0.15) is 5.75 Å². The van der Waals surface area contributed by atoms with E-state index in [-0.39, 0.29) is 5.91 Å². The minimum absolute atomic E-state index is 0.353. The lowest BCUT2D eigenvalue weighted by molar-refractivity contribution is -0.150. The van der Waals surface area contributed by atoms with E-state index in [1.807, 2.05) is 30.3 Å². The summed E-state index contributed by atoms with van der Waals surface area (Å²) in [5, 5.41) is 11.5. The summed E-state index contributed by atoms with van der Waals surface area (Å²) in [6.45, 7) is 1.96. The molecule has 0 unspecified atom stereocenters. The van der Waals surface area contributed by atoms with Crippen LogP contribution in [0.15, 0.2) is 54.6 Å². The molecule has 6 heteroatoms. The van der Waals surface area contributed by atoms with Crippen LogP contribution in [0.3, 0.4) is 0 Å². The van der Waals surface area contributed by atoms with Crippen molar-refractivity contribution in [2.75, 3.05) is 13.7 Å². The van der Waals surface area contributed by atoms with E-state index in [0.717, 1.165) is 16.9 Å². The third kappa shape index (κ3) is 6.61. The number of ether oxygens (including phenoxy) is 2. The van der Waals surface area contributed by atoms with Crippen molar-refractivity contribution in [1.82, 2.24) is 5.32 Å². The fraction of sp³-hybridized carbons (Fsp3) is 0.227. The van der Waals surface area contributed by atoms with Gasteiger partial charge in [-0.2, -0.15) is 5.26 Å². The van der Waals surface area contributed by atoms with Crippen molar-refractivity contribution in [3.05, 3.63) is 71.3 Å². The molecule has 0 saturated heterocycles. The highest BCUT2D eigenvalue weighted by molar-refractivity contribution is 5.90. The Labute approximate surface area is 164 Å². The molecule has 6 nitrogen and oxygen atoms in total. The van der Waals surface area contributed by atoms with Gasteiger partial charge in [-0.05, 0) is 54.8 Å². The molecule has 0 fully saturated rings. The molecule has 1 amide bonds. The van der Waals surface area contributed by atoms with E-state index < -0.39 is 12.1 Å². The Morgan fingerprint density at radius 3 is 2.43 bits per heavy atom. The lowest BCUT2D eigenvalue weighted by Gasteiger charge is -2.12. The molecular weight excluding hydrogens is 356 g/mol. The summed E-state index contributed by atoms with van der Waals surface area (Å²) in [5.74, 6) is -0.182. The Hall–Kier alpha value is -3.59. The smallest absolute Gasteiger partial charge is 0.331 e. The molecule has 2 aromatic rings. The second-order valence-electron chi connectivity index (χ2n) is 6.04. The maximum atomic E-state index is 12.1. The summed E-state index contributed by atoms with van der Waals surface area (Å²) < 4.78 is 10.2. The van der Waals surface area contributed by atoms with E-state index in [1.54, 1.807) is 37.5 Å². The van der Waals surface area contributed by atoms with Crippen LogP contribution in [-0.2, 0) is 20.7 Å². The molecule has 2 rings (SSSR count). The molecule has 0 aromatic heterocycles. The maximum absolute atomic E-state index is 12.1. The number of rotatable bonds is 8.